The van der Waals surface area contributed by atoms with Crippen LogP contribution in [0.2, 0.25) is 0 Å². The number of carbonyl (C=O) groups is 1. The Balaban J connectivity index is 1.58. The first-order valence-electron chi connectivity index (χ1n) is 10.7. The highest BCUT2D eigenvalue weighted by molar-refractivity contribution is 5.54. The number of hydrogen-bond donors (Lipinski definition) is 0. The minimum atomic E-state index is 0.216. The van der Waals surface area contributed by atoms with E-state index in [9.17, 15) is 4.79 Å². The zero-order chi connectivity index (χ0) is 18.0. The predicted octanol–water partition coefficient (Wildman–Crippen LogP) is 6.20. The fourth-order valence-electron chi connectivity index (χ4n) is 7.62. The van der Waals surface area contributed by atoms with E-state index in [4.69, 9.17) is 0 Å². The molecule has 0 aliphatic heterocycles. The van der Waals surface area contributed by atoms with Gasteiger partial charge < -0.3 is 4.79 Å². The van der Waals surface area contributed by atoms with Gasteiger partial charge in [-0.3, -0.25) is 0 Å². The van der Waals surface area contributed by atoms with Gasteiger partial charge in [-0.2, -0.15) is 0 Å². The molecule has 4 aliphatic carbocycles. The molecule has 0 aromatic carbocycles. The molecule has 25 heavy (non-hydrogen) atoms. The predicted molar refractivity (Wildman–Crippen MR) is 104 cm³/mol. The molecular weight excluding hydrogens is 304 g/mol. The first-order chi connectivity index (χ1) is 11.8. The highest BCUT2D eigenvalue weighted by atomic mass is 16.1. The number of aldehydes is 1. The zero-order valence-electron chi connectivity index (χ0n) is 16.7. The van der Waals surface area contributed by atoms with Crippen molar-refractivity contribution in [2.24, 2.45) is 46.3 Å². The van der Waals surface area contributed by atoms with Crippen molar-refractivity contribution in [3.05, 3.63) is 23.8 Å². The van der Waals surface area contributed by atoms with Crippen LogP contribution >= 0.6 is 0 Å². The molecule has 0 N–H and O–H groups in total. The number of allylic oxidation sites excluding steroid dienone is 3. The zero-order valence-corrected chi connectivity index (χ0v) is 16.7. The highest BCUT2D eigenvalue weighted by Crippen LogP contribution is 2.72. The summed E-state index contributed by atoms with van der Waals surface area (Å²) in [4.78, 5) is 11.4. The molecule has 0 heterocycles. The van der Waals surface area contributed by atoms with E-state index in [1.54, 1.807) is 11.1 Å². The van der Waals surface area contributed by atoms with Crippen LogP contribution in [0.25, 0.3) is 0 Å². The summed E-state index contributed by atoms with van der Waals surface area (Å²) in [6.07, 6.45) is 13.1. The van der Waals surface area contributed by atoms with Crippen LogP contribution in [-0.4, -0.2) is 6.29 Å². The molecule has 0 amide bonds. The minimum Gasteiger partial charge on any atom is -0.303 e. The molecule has 1 nitrogen and oxygen atoms in total. The van der Waals surface area contributed by atoms with Gasteiger partial charge in [0.2, 0.25) is 0 Å². The SMILES string of the molecule is C=C1[C@@H](C)CC2C[C@]12[C@H](C)/C=C1\CCC[C@]2(C)[C@@H]([C@H](C)C=O)CC[C@@H]12. The standard InChI is InChI=1S/C24H36O/c1-15-11-20-13-24(20,18(15)4)17(3)12-19-7-6-10-23(5)21(16(2)14-25)8-9-22(19)23/h12,14-17,20-22H,4,6-11,13H2,1-3,5H3/b19-12+/t15-,16+,17+,20?,21+,22-,23+,24-/m0/s1. The lowest BCUT2D eigenvalue weighted by Crippen LogP contribution is -2.36. The fourth-order valence-corrected chi connectivity index (χ4v) is 7.62. The Labute approximate surface area is 154 Å². The summed E-state index contributed by atoms with van der Waals surface area (Å²) in [6.45, 7) is 14.0. The van der Waals surface area contributed by atoms with Gasteiger partial charge >= 0.3 is 0 Å². The third kappa shape index (κ3) is 2.37. The number of fused-ring (bicyclic) bond motifs is 2. The van der Waals surface area contributed by atoms with Crippen molar-refractivity contribution in [3.8, 4) is 0 Å². The molecule has 4 rings (SSSR count). The summed E-state index contributed by atoms with van der Waals surface area (Å²) in [5.74, 6) is 3.80. The molecule has 0 spiro atoms. The van der Waals surface area contributed by atoms with Gasteiger partial charge in [0, 0.05) is 11.3 Å². The molecule has 0 saturated heterocycles. The summed E-state index contributed by atoms with van der Waals surface area (Å²) in [7, 11) is 0. The number of hydrogen-bond acceptors (Lipinski definition) is 1. The first-order valence-corrected chi connectivity index (χ1v) is 10.7. The van der Waals surface area contributed by atoms with Crippen LogP contribution in [0.4, 0.5) is 0 Å². The van der Waals surface area contributed by atoms with Gasteiger partial charge in [0.05, 0.1) is 0 Å². The van der Waals surface area contributed by atoms with E-state index in [2.05, 4.69) is 40.3 Å². The molecule has 0 aromatic heterocycles. The largest absolute Gasteiger partial charge is 0.303 e. The number of carbonyl (C=O) groups excluding carboxylic acids is 1. The molecule has 4 saturated carbocycles. The third-order valence-electron chi connectivity index (χ3n) is 9.15. The van der Waals surface area contributed by atoms with E-state index in [-0.39, 0.29) is 5.92 Å². The van der Waals surface area contributed by atoms with Crippen molar-refractivity contribution in [1.29, 1.82) is 0 Å². The molecule has 1 unspecified atom stereocenters. The van der Waals surface area contributed by atoms with Crippen molar-refractivity contribution in [2.75, 3.05) is 0 Å². The molecule has 138 valence electrons. The van der Waals surface area contributed by atoms with Crippen LogP contribution in [0.1, 0.15) is 72.6 Å². The van der Waals surface area contributed by atoms with Crippen LogP contribution in [0.5, 0.6) is 0 Å². The summed E-state index contributed by atoms with van der Waals surface area (Å²) >= 11 is 0. The Morgan fingerprint density at radius 2 is 2.04 bits per heavy atom. The summed E-state index contributed by atoms with van der Waals surface area (Å²) in [5, 5.41) is 0. The molecule has 4 aliphatic rings. The Morgan fingerprint density at radius 1 is 1.28 bits per heavy atom. The van der Waals surface area contributed by atoms with Crippen LogP contribution in [0, 0.1) is 46.3 Å². The fraction of sp³-hybridized carbons (Fsp3) is 0.792. The Bertz CT molecular complexity index is 616. The Hall–Kier alpha value is -0.850. The van der Waals surface area contributed by atoms with Crippen LogP contribution < -0.4 is 0 Å². The lowest BCUT2D eigenvalue weighted by Gasteiger charge is -2.44. The van der Waals surface area contributed by atoms with Crippen LogP contribution in [0.3, 0.4) is 0 Å². The quantitative estimate of drug-likeness (QED) is 0.439. The minimum absolute atomic E-state index is 0.216. The summed E-state index contributed by atoms with van der Waals surface area (Å²) in [6, 6.07) is 0. The normalized spacial score (nSPS) is 49.6. The maximum atomic E-state index is 11.4. The van der Waals surface area contributed by atoms with Gasteiger partial charge in [0.25, 0.3) is 0 Å². The second-order valence-electron chi connectivity index (χ2n) is 10.2. The van der Waals surface area contributed by atoms with Crippen LogP contribution in [0.15, 0.2) is 23.8 Å². The van der Waals surface area contributed by atoms with E-state index in [1.807, 2.05) is 0 Å². The monoisotopic (exact) mass is 340 g/mol. The van der Waals surface area contributed by atoms with Crippen molar-refractivity contribution in [3.63, 3.8) is 0 Å². The average Bonchev–Trinajstić information content (AvgIpc) is 3.10. The van der Waals surface area contributed by atoms with Gasteiger partial charge in [0.15, 0.2) is 0 Å². The van der Waals surface area contributed by atoms with Gasteiger partial charge in [-0.15, -0.1) is 0 Å². The first kappa shape index (κ1) is 17.6. The maximum Gasteiger partial charge on any atom is 0.123 e. The van der Waals surface area contributed by atoms with Gasteiger partial charge in [-0.05, 0) is 80.0 Å². The van der Waals surface area contributed by atoms with Crippen molar-refractivity contribution in [1.82, 2.24) is 0 Å². The van der Waals surface area contributed by atoms with Crippen LogP contribution in [-0.2, 0) is 4.79 Å². The lowest BCUT2D eigenvalue weighted by molar-refractivity contribution is -0.113. The highest BCUT2D eigenvalue weighted by Gasteiger charge is 2.63. The molecule has 1 heteroatoms. The van der Waals surface area contributed by atoms with Gasteiger partial charge in [-0.1, -0.05) is 51.5 Å². The van der Waals surface area contributed by atoms with E-state index in [1.165, 1.54) is 51.2 Å². The molecule has 4 fully saturated rings. The molecule has 8 atom stereocenters. The van der Waals surface area contributed by atoms with E-state index < -0.39 is 0 Å². The molecule has 0 aromatic rings. The Morgan fingerprint density at radius 3 is 2.68 bits per heavy atom. The topological polar surface area (TPSA) is 17.1 Å². The molecular formula is C24H36O. The lowest BCUT2D eigenvalue weighted by atomic mass is 9.61. The molecule has 0 radical (unpaired) electrons. The second-order valence-corrected chi connectivity index (χ2v) is 10.2. The Kier molecular flexibility index (Phi) is 4.09. The van der Waals surface area contributed by atoms with E-state index in [0.717, 1.165) is 17.8 Å². The van der Waals surface area contributed by atoms with Gasteiger partial charge in [-0.25, -0.2) is 0 Å². The average molecular weight is 341 g/mol. The molecule has 0 bridgehead atoms. The summed E-state index contributed by atoms with van der Waals surface area (Å²) < 4.78 is 0. The maximum absolute atomic E-state index is 11.4. The van der Waals surface area contributed by atoms with Crippen molar-refractivity contribution in [2.45, 2.75) is 72.6 Å². The van der Waals surface area contributed by atoms with Crippen molar-refractivity contribution < 1.29 is 4.79 Å². The van der Waals surface area contributed by atoms with Gasteiger partial charge in [0.1, 0.15) is 6.29 Å². The second kappa shape index (κ2) is 5.83. The van der Waals surface area contributed by atoms with E-state index >= 15 is 0 Å². The van der Waals surface area contributed by atoms with E-state index in [0.29, 0.717) is 22.7 Å². The van der Waals surface area contributed by atoms with Crippen molar-refractivity contribution >= 4 is 6.29 Å². The smallest absolute Gasteiger partial charge is 0.123 e. The number of rotatable bonds is 4. The summed E-state index contributed by atoms with van der Waals surface area (Å²) in [5.41, 5.74) is 4.06. The third-order valence-corrected chi connectivity index (χ3v) is 9.15.